The molecule has 0 amide bonds. The van der Waals surface area contributed by atoms with E-state index in [-0.39, 0.29) is 11.7 Å². The fourth-order valence-corrected chi connectivity index (χ4v) is 5.32. The molecule has 0 spiro atoms. The largest absolute Gasteiger partial charge is 0.455 e. The molecule has 7 rings (SSSR count). The molecule has 0 radical (unpaired) electrons. The van der Waals surface area contributed by atoms with E-state index >= 15 is 0 Å². The van der Waals surface area contributed by atoms with Crippen molar-refractivity contribution in [1.29, 1.82) is 5.41 Å². The molecule has 0 aliphatic carbocycles. The van der Waals surface area contributed by atoms with Gasteiger partial charge in [0.2, 0.25) is 0 Å². The van der Waals surface area contributed by atoms with Crippen molar-refractivity contribution < 1.29 is 4.42 Å². The van der Waals surface area contributed by atoms with Crippen LogP contribution in [0.2, 0.25) is 0 Å². The highest BCUT2D eigenvalue weighted by Gasteiger charge is 2.18. The van der Waals surface area contributed by atoms with Crippen molar-refractivity contribution in [3.8, 4) is 22.3 Å². The zero-order valence-electron chi connectivity index (χ0n) is 21.6. The molecule has 1 aromatic heterocycles. The number of nitrogens with one attached hydrogen (secondary N) is 1. The third-order valence-corrected chi connectivity index (χ3v) is 7.36. The van der Waals surface area contributed by atoms with Crippen LogP contribution in [0.4, 0.5) is 0 Å². The first-order valence-corrected chi connectivity index (χ1v) is 13.2. The van der Waals surface area contributed by atoms with Crippen LogP contribution in [0.5, 0.6) is 0 Å². The Hall–Kier alpha value is -5.48. The number of para-hydroxylation sites is 1. The van der Waals surface area contributed by atoms with E-state index in [1.54, 1.807) is 0 Å². The Labute approximate surface area is 231 Å². The minimum absolute atomic E-state index is 0.108. The predicted octanol–water partition coefficient (Wildman–Crippen LogP) is 8.80. The third-order valence-electron chi connectivity index (χ3n) is 7.36. The number of fused-ring (bicyclic) bond motifs is 4. The predicted molar refractivity (Wildman–Crippen MR) is 166 cm³/mol. The van der Waals surface area contributed by atoms with Crippen LogP contribution in [-0.2, 0) is 0 Å². The zero-order chi connectivity index (χ0) is 27.1. The SMILES string of the molecule is N=C(/N=C(\N)c1ccc(-c2ccc3ccccc3c2)c2oc3ccccc3c12)c1ccc(-c2ccccc2)cc1. The average molecular weight is 516 g/mol. The second-order valence-corrected chi connectivity index (χ2v) is 9.81. The monoisotopic (exact) mass is 515 g/mol. The molecule has 4 heteroatoms. The zero-order valence-corrected chi connectivity index (χ0v) is 21.6. The van der Waals surface area contributed by atoms with Gasteiger partial charge in [-0.3, -0.25) is 5.41 Å². The lowest BCUT2D eigenvalue weighted by Crippen LogP contribution is -2.16. The maximum absolute atomic E-state index is 8.68. The lowest BCUT2D eigenvalue weighted by Gasteiger charge is -2.09. The van der Waals surface area contributed by atoms with Crippen molar-refractivity contribution in [3.63, 3.8) is 0 Å². The molecule has 0 saturated carbocycles. The van der Waals surface area contributed by atoms with Gasteiger partial charge in [-0.15, -0.1) is 0 Å². The van der Waals surface area contributed by atoms with Crippen LogP contribution in [0.3, 0.4) is 0 Å². The van der Waals surface area contributed by atoms with Gasteiger partial charge in [-0.05, 0) is 51.7 Å². The first kappa shape index (κ1) is 23.6. The van der Waals surface area contributed by atoms with Gasteiger partial charge in [-0.25, -0.2) is 4.99 Å². The van der Waals surface area contributed by atoms with E-state index in [1.807, 2.05) is 91.0 Å². The Balaban J connectivity index is 1.31. The van der Waals surface area contributed by atoms with Crippen molar-refractivity contribution in [2.75, 3.05) is 0 Å². The first-order valence-electron chi connectivity index (χ1n) is 13.2. The number of furan rings is 1. The number of nitrogens with two attached hydrogens (primary N) is 1. The molecule has 0 bridgehead atoms. The van der Waals surface area contributed by atoms with E-state index in [4.69, 9.17) is 15.6 Å². The third kappa shape index (κ3) is 4.12. The van der Waals surface area contributed by atoms with E-state index in [2.05, 4.69) is 47.5 Å². The van der Waals surface area contributed by atoms with Crippen LogP contribution in [0.1, 0.15) is 11.1 Å². The average Bonchev–Trinajstić information content (AvgIpc) is 3.40. The Morgan fingerprint density at radius 2 is 1.30 bits per heavy atom. The summed E-state index contributed by atoms with van der Waals surface area (Å²) in [5, 5.41) is 12.9. The lowest BCUT2D eigenvalue weighted by molar-refractivity contribution is 0.670. The molecule has 3 N–H and O–H groups in total. The van der Waals surface area contributed by atoms with Crippen LogP contribution in [0.15, 0.2) is 143 Å². The molecule has 0 saturated heterocycles. The van der Waals surface area contributed by atoms with E-state index in [0.717, 1.165) is 49.8 Å². The van der Waals surface area contributed by atoms with Crippen LogP contribution in [0.25, 0.3) is 55.0 Å². The highest BCUT2D eigenvalue weighted by atomic mass is 16.3. The summed E-state index contributed by atoms with van der Waals surface area (Å²) in [5.41, 5.74) is 13.9. The Morgan fingerprint density at radius 3 is 2.12 bits per heavy atom. The maximum atomic E-state index is 8.68. The highest BCUT2D eigenvalue weighted by molar-refractivity contribution is 6.22. The Kier molecular flexibility index (Phi) is 5.72. The van der Waals surface area contributed by atoms with Gasteiger partial charge in [0.15, 0.2) is 5.84 Å². The summed E-state index contributed by atoms with van der Waals surface area (Å²) in [4.78, 5) is 4.54. The molecule has 1 heterocycles. The molecular formula is C36H25N3O. The van der Waals surface area contributed by atoms with Crippen LogP contribution < -0.4 is 5.73 Å². The van der Waals surface area contributed by atoms with Crippen molar-refractivity contribution >= 4 is 44.4 Å². The molecule has 40 heavy (non-hydrogen) atoms. The van der Waals surface area contributed by atoms with Crippen molar-refractivity contribution in [2.24, 2.45) is 10.7 Å². The minimum Gasteiger partial charge on any atom is -0.455 e. The van der Waals surface area contributed by atoms with Crippen molar-refractivity contribution in [3.05, 3.63) is 145 Å². The summed E-state index contributed by atoms with van der Waals surface area (Å²) in [6.07, 6.45) is 0. The van der Waals surface area contributed by atoms with Gasteiger partial charge in [0.05, 0.1) is 0 Å². The molecule has 4 nitrogen and oxygen atoms in total. The maximum Gasteiger partial charge on any atom is 0.154 e. The molecule has 190 valence electrons. The van der Waals surface area contributed by atoms with Crippen LogP contribution >= 0.6 is 0 Å². The van der Waals surface area contributed by atoms with Gasteiger partial charge in [-0.2, -0.15) is 0 Å². The van der Waals surface area contributed by atoms with Gasteiger partial charge >= 0.3 is 0 Å². The molecule has 0 atom stereocenters. The second kappa shape index (κ2) is 9.68. The standard InChI is InChI=1S/C36H25N3O/c37-35(26-17-14-25(15-18-26)23-8-2-1-3-9-23)39-36(38)31-21-20-29(28-19-16-24-10-4-5-11-27(24)22-28)34-33(31)30-12-6-7-13-32(30)40-34/h1-22H,(H3,37,38,39). The molecular weight excluding hydrogens is 490 g/mol. The molecule has 7 aromatic rings. The molecule has 0 aliphatic rings. The first-order chi connectivity index (χ1) is 19.7. The number of hydrogen-bond donors (Lipinski definition) is 2. The van der Waals surface area contributed by atoms with Crippen molar-refractivity contribution in [2.45, 2.75) is 0 Å². The molecule has 0 aliphatic heterocycles. The number of hydrogen-bond acceptors (Lipinski definition) is 2. The summed E-state index contributed by atoms with van der Waals surface area (Å²) < 4.78 is 6.42. The summed E-state index contributed by atoms with van der Waals surface area (Å²) in [7, 11) is 0. The van der Waals surface area contributed by atoms with Gasteiger partial charge in [-0.1, -0.05) is 109 Å². The quantitative estimate of drug-likeness (QED) is 0.181. The number of amidine groups is 2. The summed E-state index contributed by atoms with van der Waals surface area (Å²) in [6, 6.07) is 44.7. The van der Waals surface area contributed by atoms with Gasteiger partial charge in [0.25, 0.3) is 0 Å². The van der Waals surface area contributed by atoms with E-state index in [9.17, 15) is 0 Å². The topological polar surface area (TPSA) is 75.4 Å². The molecule has 0 fully saturated rings. The molecule has 0 unspecified atom stereocenters. The Morgan fingerprint density at radius 1 is 0.625 bits per heavy atom. The highest BCUT2D eigenvalue weighted by Crippen LogP contribution is 2.38. The smallest absolute Gasteiger partial charge is 0.154 e. The molecule has 6 aromatic carbocycles. The number of nitrogens with zero attached hydrogens (tertiary/aromatic N) is 1. The normalized spacial score (nSPS) is 11.8. The van der Waals surface area contributed by atoms with Crippen LogP contribution in [-0.4, -0.2) is 11.7 Å². The van der Waals surface area contributed by atoms with Gasteiger partial charge in [0, 0.05) is 27.5 Å². The fraction of sp³-hybridized carbons (Fsp3) is 0. The second-order valence-electron chi connectivity index (χ2n) is 9.81. The number of aliphatic imine (C=N–C) groups is 1. The minimum atomic E-state index is 0.108. The van der Waals surface area contributed by atoms with E-state index in [0.29, 0.717) is 5.56 Å². The Bertz CT molecular complexity index is 2070. The summed E-state index contributed by atoms with van der Waals surface area (Å²) in [6.45, 7) is 0. The lowest BCUT2D eigenvalue weighted by atomic mass is 9.96. The number of rotatable bonds is 4. The fourth-order valence-electron chi connectivity index (χ4n) is 5.32. The number of benzene rings is 6. The van der Waals surface area contributed by atoms with E-state index < -0.39 is 0 Å². The van der Waals surface area contributed by atoms with E-state index in [1.165, 1.54) is 10.8 Å². The van der Waals surface area contributed by atoms with Crippen LogP contribution in [0, 0.1) is 5.41 Å². The van der Waals surface area contributed by atoms with Gasteiger partial charge < -0.3 is 10.2 Å². The van der Waals surface area contributed by atoms with Crippen molar-refractivity contribution in [1.82, 2.24) is 0 Å². The van der Waals surface area contributed by atoms with Gasteiger partial charge in [0.1, 0.15) is 17.0 Å². The summed E-state index contributed by atoms with van der Waals surface area (Å²) >= 11 is 0. The summed E-state index contributed by atoms with van der Waals surface area (Å²) in [5.74, 6) is 0.385.